The van der Waals surface area contributed by atoms with E-state index in [0.29, 0.717) is 11.2 Å². The molecule has 0 aromatic carbocycles. The number of nitrogens with one attached hydrogen (secondary N) is 1. The Labute approximate surface area is 135 Å². The Morgan fingerprint density at radius 1 is 1.45 bits per heavy atom. The van der Waals surface area contributed by atoms with Gasteiger partial charge >= 0.3 is 0 Å². The number of piperidine rings is 1. The highest BCUT2D eigenvalue weighted by molar-refractivity contribution is 6.29. The summed E-state index contributed by atoms with van der Waals surface area (Å²) in [5.74, 6) is 0.798. The van der Waals surface area contributed by atoms with Crippen molar-refractivity contribution in [3.8, 4) is 0 Å². The first-order valence-electron chi connectivity index (χ1n) is 7.91. The number of likely N-dealkylation sites (tertiary alicyclic amines) is 1. The molecule has 122 valence electrons. The standard InChI is InChI=1S/C15H23ClN4O2/c1-19-12(16)8-17-13(19)9-20-6-4-10(5-7-20)14(21)15(22)18-11-2-3-11/h8,10-11,14,21H,2-7,9H2,1H3,(H,18,22). The molecule has 1 aromatic rings. The van der Waals surface area contributed by atoms with Crippen LogP contribution in [0.1, 0.15) is 31.5 Å². The highest BCUT2D eigenvalue weighted by Gasteiger charge is 2.33. The van der Waals surface area contributed by atoms with Crippen LogP contribution in [0, 0.1) is 5.92 Å². The largest absolute Gasteiger partial charge is 0.383 e. The maximum absolute atomic E-state index is 11.9. The van der Waals surface area contributed by atoms with Crippen molar-refractivity contribution in [3.05, 3.63) is 17.2 Å². The van der Waals surface area contributed by atoms with Crippen molar-refractivity contribution in [2.45, 2.75) is 44.4 Å². The zero-order chi connectivity index (χ0) is 15.7. The summed E-state index contributed by atoms with van der Waals surface area (Å²) in [4.78, 5) is 18.5. The highest BCUT2D eigenvalue weighted by Crippen LogP contribution is 2.24. The van der Waals surface area contributed by atoms with Gasteiger partial charge in [0.25, 0.3) is 0 Å². The van der Waals surface area contributed by atoms with Crippen LogP contribution in [0.15, 0.2) is 6.20 Å². The van der Waals surface area contributed by atoms with Gasteiger partial charge in [-0.05, 0) is 44.7 Å². The monoisotopic (exact) mass is 326 g/mol. The maximum atomic E-state index is 11.9. The molecule has 1 aliphatic heterocycles. The Bertz CT molecular complexity index is 536. The minimum Gasteiger partial charge on any atom is -0.383 e. The molecule has 2 heterocycles. The van der Waals surface area contributed by atoms with Crippen LogP contribution in [0.4, 0.5) is 0 Å². The van der Waals surface area contributed by atoms with E-state index in [4.69, 9.17) is 11.6 Å². The van der Waals surface area contributed by atoms with E-state index in [9.17, 15) is 9.90 Å². The molecule has 0 bridgehead atoms. The summed E-state index contributed by atoms with van der Waals surface area (Å²) < 4.78 is 1.88. The molecule has 2 fully saturated rings. The summed E-state index contributed by atoms with van der Waals surface area (Å²) in [6.45, 7) is 2.48. The summed E-state index contributed by atoms with van der Waals surface area (Å²) in [5.41, 5.74) is 0. The lowest BCUT2D eigenvalue weighted by Gasteiger charge is -2.33. The molecule has 2 N–H and O–H groups in total. The fourth-order valence-electron chi connectivity index (χ4n) is 2.93. The van der Waals surface area contributed by atoms with Crippen LogP contribution in [0.3, 0.4) is 0 Å². The Kier molecular flexibility index (Phi) is 4.70. The lowest BCUT2D eigenvalue weighted by atomic mass is 9.90. The lowest BCUT2D eigenvalue weighted by Crippen LogP contribution is -2.45. The number of hydrogen-bond donors (Lipinski definition) is 2. The molecule has 1 saturated heterocycles. The minimum absolute atomic E-state index is 0.0555. The van der Waals surface area contributed by atoms with Crippen LogP contribution in [0.5, 0.6) is 0 Å². The molecule has 1 atom stereocenters. The summed E-state index contributed by atoms with van der Waals surface area (Å²) >= 11 is 6.00. The van der Waals surface area contributed by atoms with Crippen molar-refractivity contribution in [2.75, 3.05) is 13.1 Å². The van der Waals surface area contributed by atoms with Crippen molar-refractivity contribution in [1.82, 2.24) is 19.8 Å². The fourth-order valence-corrected chi connectivity index (χ4v) is 3.07. The Morgan fingerprint density at radius 2 is 2.14 bits per heavy atom. The van der Waals surface area contributed by atoms with Crippen LogP contribution < -0.4 is 5.32 Å². The van der Waals surface area contributed by atoms with Gasteiger partial charge in [-0.25, -0.2) is 4.98 Å². The number of carbonyl (C=O) groups is 1. The summed E-state index contributed by atoms with van der Waals surface area (Å²) in [6.07, 6.45) is 4.54. The Morgan fingerprint density at radius 3 is 2.68 bits per heavy atom. The molecule has 22 heavy (non-hydrogen) atoms. The normalized spacial score (nSPS) is 21.8. The number of aliphatic hydroxyl groups is 1. The van der Waals surface area contributed by atoms with E-state index in [-0.39, 0.29) is 11.8 Å². The molecule has 7 heteroatoms. The quantitative estimate of drug-likeness (QED) is 0.844. The van der Waals surface area contributed by atoms with Crippen LogP contribution >= 0.6 is 11.6 Å². The minimum atomic E-state index is -0.870. The zero-order valence-corrected chi connectivity index (χ0v) is 13.6. The molecule has 1 aromatic heterocycles. The Hall–Kier alpha value is -1.11. The van der Waals surface area contributed by atoms with Gasteiger partial charge in [-0.3, -0.25) is 9.69 Å². The van der Waals surface area contributed by atoms with Crippen molar-refractivity contribution in [2.24, 2.45) is 13.0 Å². The molecule has 0 spiro atoms. The van der Waals surface area contributed by atoms with Gasteiger partial charge in [-0.15, -0.1) is 0 Å². The number of rotatable bonds is 5. The third-order valence-electron chi connectivity index (χ3n) is 4.66. The van der Waals surface area contributed by atoms with Crippen molar-refractivity contribution < 1.29 is 9.90 Å². The molecule has 0 radical (unpaired) electrons. The second-order valence-electron chi connectivity index (χ2n) is 6.40. The molecule has 1 saturated carbocycles. The molecule has 3 rings (SSSR count). The van der Waals surface area contributed by atoms with Gasteiger partial charge in [-0.2, -0.15) is 0 Å². The van der Waals surface area contributed by atoms with E-state index in [1.54, 1.807) is 6.20 Å². The predicted octanol–water partition coefficient (Wildman–Crippen LogP) is 0.925. The lowest BCUT2D eigenvalue weighted by molar-refractivity contribution is -0.133. The first kappa shape index (κ1) is 15.8. The zero-order valence-electron chi connectivity index (χ0n) is 12.8. The molecular weight excluding hydrogens is 304 g/mol. The van der Waals surface area contributed by atoms with Crippen LogP contribution in [-0.2, 0) is 18.4 Å². The van der Waals surface area contributed by atoms with E-state index in [1.807, 2.05) is 11.6 Å². The van der Waals surface area contributed by atoms with Gasteiger partial charge < -0.3 is 15.0 Å². The molecule has 1 aliphatic carbocycles. The first-order chi connectivity index (χ1) is 10.5. The summed E-state index contributed by atoms with van der Waals surface area (Å²) in [6, 6.07) is 0.301. The molecule has 2 aliphatic rings. The summed E-state index contributed by atoms with van der Waals surface area (Å²) in [5, 5.41) is 13.7. The van der Waals surface area contributed by atoms with Crippen LogP contribution in [0.2, 0.25) is 5.15 Å². The SMILES string of the molecule is Cn1c(Cl)cnc1CN1CCC(C(O)C(=O)NC2CC2)CC1. The van der Waals surface area contributed by atoms with Gasteiger partial charge in [0.1, 0.15) is 17.1 Å². The predicted molar refractivity (Wildman–Crippen MR) is 83.4 cm³/mol. The number of halogens is 1. The van der Waals surface area contributed by atoms with Crippen molar-refractivity contribution in [1.29, 1.82) is 0 Å². The number of carbonyl (C=O) groups excluding carboxylic acids is 1. The van der Waals surface area contributed by atoms with Crippen molar-refractivity contribution >= 4 is 17.5 Å². The van der Waals surface area contributed by atoms with Crippen LogP contribution in [0.25, 0.3) is 0 Å². The molecule has 1 amide bonds. The number of aliphatic hydroxyl groups excluding tert-OH is 1. The van der Waals surface area contributed by atoms with Gasteiger partial charge in [0.05, 0.1) is 12.7 Å². The fraction of sp³-hybridized carbons (Fsp3) is 0.733. The second kappa shape index (κ2) is 6.56. The van der Waals surface area contributed by atoms with Gasteiger partial charge in [0.2, 0.25) is 5.91 Å². The number of aromatic nitrogens is 2. The molecule has 6 nitrogen and oxygen atoms in total. The third-order valence-corrected chi connectivity index (χ3v) is 5.01. The van der Waals surface area contributed by atoms with E-state index in [2.05, 4.69) is 15.2 Å². The van der Waals surface area contributed by atoms with E-state index in [1.165, 1.54) is 0 Å². The van der Waals surface area contributed by atoms with E-state index in [0.717, 1.165) is 51.1 Å². The first-order valence-corrected chi connectivity index (χ1v) is 8.29. The van der Waals surface area contributed by atoms with Crippen molar-refractivity contribution in [3.63, 3.8) is 0 Å². The van der Waals surface area contributed by atoms with Gasteiger partial charge in [-0.1, -0.05) is 11.6 Å². The average Bonchev–Trinajstić information content (AvgIpc) is 3.28. The van der Waals surface area contributed by atoms with E-state index >= 15 is 0 Å². The third kappa shape index (κ3) is 3.62. The summed E-state index contributed by atoms with van der Waals surface area (Å²) in [7, 11) is 1.91. The number of amides is 1. The number of imidazole rings is 1. The maximum Gasteiger partial charge on any atom is 0.249 e. The topological polar surface area (TPSA) is 70.4 Å². The average molecular weight is 327 g/mol. The van der Waals surface area contributed by atoms with Gasteiger partial charge in [0, 0.05) is 13.1 Å². The molecule has 1 unspecified atom stereocenters. The number of hydrogen-bond acceptors (Lipinski definition) is 4. The molecular formula is C15H23ClN4O2. The number of nitrogens with zero attached hydrogens (tertiary/aromatic N) is 3. The van der Waals surface area contributed by atoms with Gasteiger partial charge in [0.15, 0.2) is 0 Å². The second-order valence-corrected chi connectivity index (χ2v) is 6.78. The van der Waals surface area contributed by atoms with E-state index < -0.39 is 6.10 Å². The highest BCUT2D eigenvalue weighted by atomic mass is 35.5. The van der Waals surface area contributed by atoms with Crippen LogP contribution in [-0.4, -0.2) is 50.7 Å². The smallest absolute Gasteiger partial charge is 0.249 e. The Balaban J connectivity index is 1.47.